The van der Waals surface area contributed by atoms with E-state index in [2.05, 4.69) is 27.7 Å². The Balaban J connectivity index is 1.54. The fourth-order valence-electron chi connectivity index (χ4n) is 8.58. The summed E-state index contributed by atoms with van der Waals surface area (Å²) in [5.41, 5.74) is 0. The van der Waals surface area contributed by atoms with E-state index in [1.165, 1.54) is 103 Å². The van der Waals surface area contributed by atoms with Crippen LogP contribution in [0.1, 0.15) is 156 Å². The topological polar surface area (TPSA) is 0 Å². The molecule has 0 heteroatoms. The van der Waals surface area contributed by atoms with E-state index in [0.29, 0.717) is 0 Å². The lowest BCUT2D eigenvalue weighted by Gasteiger charge is -2.44. The van der Waals surface area contributed by atoms with Crippen molar-refractivity contribution in [2.45, 2.75) is 156 Å². The van der Waals surface area contributed by atoms with Crippen LogP contribution in [0.2, 0.25) is 0 Å². The molecule has 3 saturated carbocycles. The molecule has 0 amide bonds. The standard InChI is InChI=1S/C32H60/c1-5-6-7-8-10-15-28-20-22-31(23-21-28)32(27(4)30-18-13-14-19-30)26(3)25(2)24-29-16-11-9-12-17-29/h25-32H,5-24H2,1-4H3. The maximum absolute atomic E-state index is 2.70. The summed E-state index contributed by atoms with van der Waals surface area (Å²) in [5, 5.41) is 0. The van der Waals surface area contributed by atoms with Crippen LogP contribution in [0.5, 0.6) is 0 Å². The van der Waals surface area contributed by atoms with Crippen molar-refractivity contribution in [1.82, 2.24) is 0 Å². The molecular weight excluding hydrogens is 384 g/mol. The second-order valence-electron chi connectivity index (χ2n) is 13.0. The van der Waals surface area contributed by atoms with E-state index in [4.69, 9.17) is 0 Å². The maximum atomic E-state index is 2.70. The van der Waals surface area contributed by atoms with Crippen LogP contribution in [0.25, 0.3) is 0 Å². The van der Waals surface area contributed by atoms with Gasteiger partial charge in [-0.3, -0.25) is 0 Å². The normalized spacial score (nSPS) is 29.6. The van der Waals surface area contributed by atoms with Crippen molar-refractivity contribution in [3.63, 3.8) is 0 Å². The summed E-state index contributed by atoms with van der Waals surface area (Å²) < 4.78 is 0. The molecule has 0 aromatic rings. The molecule has 0 radical (unpaired) electrons. The fourth-order valence-corrected chi connectivity index (χ4v) is 8.58. The summed E-state index contributed by atoms with van der Waals surface area (Å²) in [4.78, 5) is 0. The van der Waals surface area contributed by atoms with E-state index in [1.807, 2.05) is 0 Å². The first kappa shape index (κ1) is 26.6. The zero-order valence-electron chi connectivity index (χ0n) is 22.8. The van der Waals surface area contributed by atoms with Crippen LogP contribution in [0.4, 0.5) is 0 Å². The third kappa shape index (κ3) is 8.05. The van der Waals surface area contributed by atoms with E-state index in [9.17, 15) is 0 Å². The van der Waals surface area contributed by atoms with Gasteiger partial charge in [0.1, 0.15) is 0 Å². The Hall–Kier alpha value is 0. The van der Waals surface area contributed by atoms with Crippen LogP contribution in [-0.4, -0.2) is 0 Å². The molecule has 0 aliphatic heterocycles. The first-order valence-corrected chi connectivity index (χ1v) is 15.6. The van der Waals surface area contributed by atoms with E-state index in [-0.39, 0.29) is 0 Å². The molecular formula is C32H60. The Kier molecular flexibility index (Phi) is 12.0. The molecule has 0 nitrogen and oxygen atoms in total. The molecule has 0 aromatic carbocycles. The molecule has 32 heavy (non-hydrogen) atoms. The Morgan fingerprint density at radius 2 is 1.22 bits per heavy atom. The summed E-state index contributed by atoms with van der Waals surface area (Å²) >= 11 is 0. The molecule has 0 N–H and O–H groups in total. The van der Waals surface area contributed by atoms with Gasteiger partial charge in [0.2, 0.25) is 0 Å². The molecule has 3 aliphatic rings. The van der Waals surface area contributed by atoms with Crippen molar-refractivity contribution in [2.75, 3.05) is 0 Å². The molecule has 4 unspecified atom stereocenters. The third-order valence-corrected chi connectivity index (χ3v) is 10.8. The highest BCUT2D eigenvalue weighted by atomic mass is 14.4. The quantitative estimate of drug-likeness (QED) is 0.248. The smallest absolute Gasteiger partial charge is 0.0329 e. The Bertz CT molecular complexity index is 460. The van der Waals surface area contributed by atoms with Gasteiger partial charge in [-0.1, -0.05) is 137 Å². The van der Waals surface area contributed by atoms with Crippen molar-refractivity contribution in [2.24, 2.45) is 47.3 Å². The van der Waals surface area contributed by atoms with Gasteiger partial charge >= 0.3 is 0 Å². The Morgan fingerprint density at radius 3 is 1.88 bits per heavy atom. The third-order valence-electron chi connectivity index (χ3n) is 10.8. The molecule has 0 saturated heterocycles. The largest absolute Gasteiger partial charge is 0.0654 e. The van der Waals surface area contributed by atoms with Gasteiger partial charge in [-0.25, -0.2) is 0 Å². The summed E-state index contributed by atoms with van der Waals surface area (Å²) in [5.74, 6) is 8.02. The Morgan fingerprint density at radius 1 is 0.594 bits per heavy atom. The molecule has 0 spiro atoms. The van der Waals surface area contributed by atoms with Crippen molar-refractivity contribution in [3.8, 4) is 0 Å². The van der Waals surface area contributed by atoms with E-state index in [0.717, 1.165) is 47.3 Å². The zero-order chi connectivity index (χ0) is 22.8. The van der Waals surface area contributed by atoms with Gasteiger partial charge in [0.15, 0.2) is 0 Å². The monoisotopic (exact) mass is 444 g/mol. The van der Waals surface area contributed by atoms with E-state index < -0.39 is 0 Å². The minimum atomic E-state index is 0.933. The molecule has 188 valence electrons. The van der Waals surface area contributed by atoms with Crippen LogP contribution in [0, 0.1) is 47.3 Å². The van der Waals surface area contributed by atoms with Crippen molar-refractivity contribution in [3.05, 3.63) is 0 Å². The fraction of sp³-hybridized carbons (Fsp3) is 1.00. The number of unbranched alkanes of at least 4 members (excludes halogenated alkanes) is 4. The van der Waals surface area contributed by atoms with Crippen LogP contribution >= 0.6 is 0 Å². The highest BCUT2D eigenvalue weighted by Crippen LogP contribution is 2.48. The molecule has 3 rings (SSSR count). The Labute approximate surface area is 203 Å². The molecule has 0 aromatic heterocycles. The number of rotatable bonds is 13. The minimum absolute atomic E-state index is 0.933. The van der Waals surface area contributed by atoms with E-state index in [1.54, 1.807) is 25.7 Å². The van der Waals surface area contributed by atoms with Crippen LogP contribution < -0.4 is 0 Å². The van der Waals surface area contributed by atoms with Crippen molar-refractivity contribution < 1.29 is 0 Å². The lowest BCUT2D eigenvalue weighted by molar-refractivity contribution is 0.0500. The van der Waals surface area contributed by atoms with E-state index >= 15 is 0 Å². The molecule has 0 heterocycles. The van der Waals surface area contributed by atoms with Gasteiger partial charge < -0.3 is 0 Å². The molecule has 3 fully saturated rings. The number of hydrogen-bond acceptors (Lipinski definition) is 0. The van der Waals surface area contributed by atoms with Gasteiger partial charge in [-0.2, -0.15) is 0 Å². The second kappa shape index (κ2) is 14.4. The minimum Gasteiger partial charge on any atom is -0.0654 e. The predicted molar refractivity (Wildman–Crippen MR) is 143 cm³/mol. The lowest BCUT2D eigenvalue weighted by atomic mass is 9.61. The zero-order valence-corrected chi connectivity index (χ0v) is 22.8. The maximum Gasteiger partial charge on any atom is -0.0329 e. The van der Waals surface area contributed by atoms with Gasteiger partial charge in [-0.15, -0.1) is 0 Å². The lowest BCUT2D eigenvalue weighted by Crippen LogP contribution is -2.36. The van der Waals surface area contributed by atoms with Crippen LogP contribution in [0.3, 0.4) is 0 Å². The van der Waals surface area contributed by atoms with Crippen LogP contribution in [-0.2, 0) is 0 Å². The van der Waals surface area contributed by atoms with Crippen molar-refractivity contribution in [1.29, 1.82) is 0 Å². The van der Waals surface area contributed by atoms with Gasteiger partial charge in [0.05, 0.1) is 0 Å². The first-order chi connectivity index (χ1) is 15.6. The molecule has 0 bridgehead atoms. The van der Waals surface area contributed by atoms with Gasteiger partial charge in [0.25, 0.3) is 0 Å². The predicted octanol–water partition coefficient (Wildman–Crippen LogP) is 10.8. The average molecular weight is 445 g/mol. The van der Waals surface area contributed by atoms with Gasteiger partial charge in [-0.05, 0) is 66.6 Å². The van der Waals surface area contributed by atoms with Gasteiger partial charge in [0, 0.05) is 0 Å². The molecule has 4 atom stereocenters. The first-order valence-electron chi connectivity index (χ1n) is 15.6. The highest BCUT2D eigenvalue weighted by Gasteiger charge is 2.39. The average Bonchev–Trinajstić information content (AvgIpc) is 3.36. The SMILES string of the molecule is CCCCCCCC1CCC(C(C(C)C(C)CC2CCCCC2)C(C)C2CCCC2)CC1. The highest BCUT2D eigenvalue weighted by molar-refractivity contribution is 4.89. The van der Waals surface area contributed by atoms with Crippen LogP contribution in [0.15, 0.2) is 0 Å². The summed E-state index contributed by atoms with van der Waals surface area (Å²) in [6.07, 6.45) is 30.3. The number of hydrogen-bond donors (Lipinski definition) is 0. The summed E-state index contributed by atoms with van der Waals surface area (Å²) in [7, 11) is 0. The van der Waals surface area contributed by atoms with Crippen molar-refractivity contribution >= 4 is 0 Å². The molecule has 3 aliphatic carbocycles. The second-order valence-corrected chi connectivity index (χ2v) is 13.0. The summed E-state index contributed by atoms with van der Waals surface area (Å²) in [6.45, 7) is 10.4. The summed E-state index contributed by atoms with van der Waals surface area (Å²) in [6, 6.07) is 0.